The van der Waals surface area contributed by atoms with E-state index >= 15 is 0 Å². The molecule has 0 aliphatic rings. The first-order valence-electron chi connectivity index (χ1n) is 2.66. The highest BCUT2D eigenvalue weighted by Gasteiger charge is 1.41. The Kier molecular flexibility index (Phi) is 179. The molecule has 0 saturated carbocycles. The second-order valence-corrected chi connectivity index (χ2v) is 0.539. The highest BCUT2D eigenvalue weighted by molar-refractivity contribution is 5.31. The molecule has 0 aromatic heterocycles. The Labute approximate surface area is 74.4 Å². The maximum atomic E-state index is 4.70. The predicted octanol–water partition coefficient (Wildman–Crippen LogP) is 2.66. The maximum Gasteiger partial charge on any atom is 0 e. The van der Waals surface area contributed by atoms with Crippen molar-refractivity contribution in [3.05, 3.63) is 0 Å². The highest BCUT2D eigenvalue weighted by atomic mass is 13.4. The summed E-state index contributed by atoms with van der Waals surface area (Å²) < 4.78 is 0. The molecule has 11 heavy (non-hydrogen) atoms. The lowest BCUT2D eigenvalue weighted by atomic mass is 10.6. The van der Waals surface area contributed by atoms with E-state index in [0.29, 0.717) is 0 Å². The van der Waals surface area contributed by atoms with Gasteiger partial charge >= 0.3 is 0 Å². The summed E-state index contributed by atoms with van der Waals surface area (Å²) in [6.07, 6.45) is 17.4. The summed E-state index contributed by atoms with van der Waals surface area (Å²) in [4.78, 5) is 0. The minimum absolute atomic E-state index is 0. The van der Waals surface area contributed by atoms with Crippen LogP contribution in [0.4, 0.5) is 0 Å². The fourth-order valence-electron chi connectivity index (χ4n) is 0.0722. The Morgan fingerprint density at radius 2 is 1.09 bits per heavy atom. The molecule has 0 radical (unpaired) electrons. The molecular weight excluding hydrogens is 132 g/mol. The molecule has 0 aliphatic carbocycles. The number of hydrogen-bond acceptors (Lipinski definition) is 0. The van der Waals surface area contributed by atoms with E-state index in [0.717, 1.165) is 0 Å². The number of terminal acetylenes is 3. The standard InChI is InChI=1S/C6H2.C2H6.C2H2.CH4.2H2/c1-3-5-6-4-2;2*1-2;;;/h1-2H;1-2H3;1-2H;1H4;2*1H. The van der Waals surface area contributed by atoms with E-state index in [4.69, 9.17) is 12.8 Å². The van der Waals surface area contributed by atoms with E-state index in [2.05, 4.69) is 36.5 Å². The molecule has 0 nitrogen and oxygen atoms in total. The zero-order chi connectivity index (χ0) is 8.83. The lowest BCUT2D eigenvalue weighted by molar-refractivity contribution is 1.50. The Balaban J connectivity index is -0.0000000157. The van der Waals surface area contributed by atoms with Crippen LogP contribution in [0.1, 0.15) is 24.1 Å². The summed E-state index contributed by atoms with van der Waals surface area (Å²) in [7, 11) is 0. The first kappa shape index (κ1) is 22.8. The second-order valence-electron chi connectivity index (χ2n) is 0.539. The van der Waals surface area contributed by atoms with Crippen LogP contribution in [0.5, 0.6) is 0 Å². The van der Waals surface area contributed by atoms with E-state index in [-0.39, 0.29) is 10.3 Å². The van der Waals surface area contributed by atoms with Gasteiger partial charge in [0.1, 0.15) is 0 Å². The van der Waals surface area contributed by atoms with Gasteiger partial charge in [0.25, 0.3) is 0 Å². The normalized spacial score (nSPS) is 2.36. The van der Waals surface area contributed by atoms with Crippen LogP contribution in [0.25, 0.3) is 0 Å². The molecule has 0 fully saturated rings. The molecule has 0 bridgehead atoms. The lowest BCUT2D eigenvalue weighted by Gasteiger charge is -1.43. The van der Waals surface area contributed by atoms with Crippen LogP contribution in [0.2, 0.25) is 0 Å². The minimum Gasteiger partial charge on any atom is -0.124 e. The summed E-state index contributed by atoms with van der Waals surface area (Å²) in [6.45, 7) is 4.00. The van der Waals surface area contributed by atoms with Gasteiger partial charge in [-0.25, -0.2) is 0 Å². The summed E-state index contributed by atoms with van der Waals surface area (Å²) in [5, 5.41) is 0. The molecule has 0 N–H and O–H groups in total. The van der Waals surface area contributed by atoms with Gasteiger partial charge in [-0.05, 0) is 23.7 Å². The van der Waals surface area contributed by atoms with Gasteiger partial charge in [0.15, 0.2) is 0 Å². The van der Waals surface area contributed by atoms with Crippen molar-refractivity contribution in [2.75, 3.05) is 0 Å². The van der Waals surface area contributed by atoms with Crippen LogP contribution < -0.4 is 0 Å². The predicted molar refractivity (Wildman–Crippen MR) is 57.6 cm³/mol. The van der Waals surface area contributed by atoms with E-state index in [1.54, 1.807) is 0 Å². The van der Waals surface area contributed by atoms with E-state index in [1.807, 2.05) is 13.8 Å². The fraction of sp³-hybridized carbons (Fsp3) is 0.273. The van der Waals surface area contributed by atoms with Crippen molar-refractivity contribution in [2.45, 2.75) is 21.3 Å². The van der Waals surface area contributed by atoms with E-state index in [9.17, 15) is 0 Å². The van der Waals surface area contributed by atoms with Gasteiger partial charge in [-0.1, -0.05) is 21.3 Å². The quantitative estimate of drug-likeness (QED) is 0.466. The smallest absolute Gasteiger partial charge is 0 e. The first-order valence-corrected chi connectivity index (χ1v) is 2.66. The molecule has 0 heterocycles. The van der Waals surface area contributed by atoms with Gasteiger partial charge in [0, 0.05) is 2.85 Å². The molecule has 0 heteroatoms. The van der Waals surface area contributed by atoms with Crippen molar-refractivity contribution in [3.8, 4) is 49.4 Å². The maximum absolute atomic E-state index is 4.70. The van der Waals surface area contributed by atoms with Gasteiger partial charge in [-0.3, -0.25) is 0 Å². The van der Waals surface area contributed by atoms with Gasteiger partial charge in [-0.2, -0.15) is 0 Å². The van der Waals surface area contributed by atoms with Gasteiger partial charge in [0.05, 0.1) is 0 Å². The van der Waals surface area contributed by atoms with Crippen LogP contribution in [0.15, 0.2) is 0 Å². The minimum atomic E-state index is 0. The number of hydrogen-bond donors (Lipinski definition) is 0. The Hall–Kier alpha value is -1.76. The summed E-state index contributed by atoms with van der Waals surface area (Å²) in [5.74, 6) is 8.61. The van der Waals surface area contributed by atoms with Gasteiger partial charge in [-0.15, -0.1) is 25.7 Å². The Morgan fingerprint density at radius 3 is 1.18 bits per heavy atom. The van der Waals surface area contributed by atoms with Crippen LogP contribution >= 0.6 is 0 Å². The lowest BCUT2D eigenvalue weighted by Crippen LogP contribution is -1.42. The topological polar surface area (TPSA) is 0 Å². The van der Waals surface area contributed by atoms with Crippen LogP contribution in [0.3, 0.4) is 0 Å². The second kappa shape index (κ2) is 86.1. The van der Waals surface area contributed by atoms with Crippen molar-refractivity contribution >= 4 is 0 Å². The zero-order valence-corrected chi connectivity index (χ0v) is 6.31. The monoisotopic (exact) mass is 150 g/mol. The molecule has 0 amide bonds. The van der Waals surface area contributed by atoms with Crippen molar-refractivity contribution in [2.24, 2.45) is 0 Å². The van der Waals surface area contributed by atoms with Crippen molar-refractivity contribution in [3.63, 3.8) is 0 Å². The molecule has 0 unspecified atom stereocenters. The van der Waals surface area contributed by atoms with Crippen molar-refractivity contribution < 1.29 is 2.85 Å². The Bertz CT molecular complexity index is 172. The molecule has 0 aromatic rings. The summed E-state index contributed by atoms with van der Waals surface area (Å²) in [5.41, 5.74) is 0. The third-order valence-electron chi connectivity index (χ3n) is 0.207. The third-order valence-corrected chi connectivity index (χ3v) is 0.207. The highest BCUT2D eigenvalue weighted by Crippen LogP contribution is 1.42. The van der Waals surface area contributed by atoms with Crippen LogP contribution in [0, 0.1) is 49.4 Å². The molecule has 0 spiro atoms. The van der Waals surface area contributed by atoms with Crippen LogP contribution in [-0.2, 0) is 0 Å². The molecule has 0 aliphatic heterocycles. The van der Waals surface area contributed by atoms with Crippen molar-refractivity contribution in [1.82, 2.24) is 0 Å². The molecule has 0 atom stereocenters. The average Bonchev–Trinajstić information content (AvgIpc) is 2.08. The molecule has 0 rings (SSSR count). The average molecular weight is 150 g/mol. The van der Waals surface area contributed by atoms with Gasteiger partial charge < -0.3 is 0 Å². The van der Waals surface area contributed by atoms with E-state index < -0.39 is 0 Å². The summed E-state index contributed by atoms with van der Waals surface area (Å²) >= 11 is 0. The summed E-state index contributed by atoms with van der Waals surface area (Å²) in [6, 6.07) is 0. The first-order chi connectivity index (χ1) is 4.91. The third kappa shape index (κ3) is 209. The largest absolute Gasteiger partial charge is 0.124 e. The Morgan fingerprint density at radius 1 is 0.909 bits per heavy atom. The fourth-order valence-corrected chi connectivity index (χ4v) is 0.0722. The SMILES string of the molecule is C.C#C.C#CC#CC#C.CC.[HH].[HH]. The zero-order valence-electron chi connectivity index (χ0n) is 6.31. The molecular formula is C11H18. The van der Waals surface area contributed by atoms with Gasteiger partial charge in [0.2, 0.25) is 0 Å². The molecule has 0 aromatic carbocycles. The van der Waals surface area contributed by atoms with E-state index in [1.165, 1.54) is 0 Å². The van der Waals surface area contributed by atoms with Crippen molar-refractivity contribution in [1.29, 1.82) is 0 Å². The molecule has 0 saturated heterocycles. The number of rotatable bonds is 0. The van der Waals surface area contributed by atoms with Crippen LogP contribution in [-0.4, -0.2) is 0 Å². The molecule has 62 valence electrons.